The van der Waals surface area contributed by atoms with E-state index in [4.69, 9.17) is 11.1 Å². The fourth-order valence-electron chi connectivity index (χ4n) is 1.71. The highest BCUT2D eigenvalue weighted by Crippen LogP contribution is 2.21. The Kier molecular flexibility index (Phi) is 3.25. The van der Waals surface area contributed by atoms with Gasteiger partial charge in [-0.3, -0.25) is 5.41 Å². The molecule has 0 radical (unpaired) electrons. The molecule has 2 heterocycles. The SMILES string of the molecule is N=C(N)CSc1nnc2n1CCCCC2. The molecule has 15 heavy (non-hydrogen) atoms. The number of nitrogens with one attached hydrogen (secondary N) is 1. The van der Waals surface area contributed by atoms with Crippen LogP contribution in [0.25, 0.3) is 0 Å². The lowest BCUT2D eigenvalue weighted by atomic mass is 10.2. The van der Waals surface area contributed by atoms with Crippen LogP contribution in [0.3, 0.4) is 0 Å². The predicted octanol–water partition coefficient (Wildman–Crippen LogP) is 1.03. The van der Waals surface area contributed by atoms with E-state index in [1.807, 2.05) is 0 Å². The van der Waals surface area contributed by atoms with Gasteiger partial charge < -0.3 is 10.3 Å². The number of nitrogens with zero attached hydrogens (tertiary/aromatic N) is 3. The first kappa shape index (κ1) is 10.5. The van der Waals surface area contributed by atoms with E-state index in [-0.39, 0.29) is 5.84 Å². The standard InChI is InChI=1S/C9H15N5S/c10-7(11)6-15-9-13-12-8-4-2-1-3-5-14(8)9/h1-6H2,(H3,10,11). The summed E-state index contributed by atoms with van der Waals surface area (Å²) in [5.74, 6) is 1.77. The molecule has 0 amide bonds. The van der Waals surface area contributed by atoms with Crippen LogP contribution in [0.4, 0.5) is 0 Å². The lowest BCUT2D eigenvalue weighted by Crippen LogP contribution is -2.13. The van der Waals surface area contributed by atoms with E-state index in [1.54, 1.807) is 0 Å². The number of aryl methyl sites for hydroxylation is 1. The normalized spacial score (nSPS) is 15.7. The molecular weight excluding hydrogens is 210 g/mol. The van der Waals surface area contributed by atoms with Crippen molar-refractivity contribution in [3.8, 4) is 0 Å². The second-order valence-electron chi connectivity index (χ2n) is 3.68. The Bertz CT molecular complexity index is 359. The smallest absolute Gasteiger partial charge is 0.191 e. The summed E-state index contributed by atoms with van der Waals surface area (Å²) in [5.41, 5.74) is 5.32. The van der Waals surface area contributed by atoms with Crippen molar-refractivity contribution < 1.29 is 0 Å². The van der Waals surface area contributed by atoms with Gasteiger partial charge in [-0.15, -0.1) is 10.2 Å². The highest BCUT2D eigenvalue weighted by Gasteiger charge is 2.14. The number of hydrogen-bond acceptors (Lipinski definition) is 4. The molecule has 1 aliphatic heterocycles. The van der Waals surface area contributed by atoms with Crippen LogP contribution in [0.1, 0.15) is 25.1 Å². The third-order valence-electron chi connectivity index (χ3n) is 2.43. The minimum atomic E-state index is 0.186. The van der Waals surface area contributed by atoms with Crippen LogP contribution in [-0.2, 0) is 13.0 Å². The van der Waals surface area contributed by atoms with Crippen LogP contribution in [-0.4, -0.2) is 26.4 Å². The van der Waals surface area contributed by atoms with Gasteiger partial charge in [0.1, 0.15) is 11.7 Å². The molecule has 82 valence electrons. The molecule has 6 heteroatoms. The zero-order valence-corrected chi connectivity index (χ0v) is 9.39. The first-order valence-electron chi connectivity index (χ1n) is 5.15. The summed E-state index contributed by atoms with van der Waals surface area (Å²) in [6.45, 7) is 1.00. The van der Waals surface area contributed by atoms with Gasteiger partial charge in [0.25, 0.3) is 0 Å². The molecule has 0 spiro atoms. The maximum atomic E-state index is 7.18. The molecule has 2 rings (SSSR count). The molecule has 0 aromatic carbocycles. The van der Waals surface area contributed by atoms with Gasteiger partial charge in [-0.05, 0) is 12.8 Å². The van der Waals surface area contributed by atoms with Crippen LogP contribution in [0.2, 0.25) is 0 Å². The van der Waals surface area contributed by atoms with Gasteiger partial charge in [0.15, 0.2) is 5.16 Å². The van der Waals surface area contributed by atoms with E-state index in [1.165, 1.54) is 31.0 Å². The van der Waals surface area contributed by atoms with E-state index in [9.17, 15) is 0 Å². The third-order valence-corrected chi connectivity index (χ3v) is 3.45. The van der Waals surface area contributed by atoms with Crippen LogP contribution in [0.15, 0.2) is 5.16 Å². The molecule has 5 nitrogen and oxygen atoms in total. The number of thioether (sulfide) groups is 1. The van der Waals surface area contributed by atoms with Gasteiger partial charge in [-0.25, -0.2) is 0 Å². The first-order chi connectivity index (χ1) is 7.27. The summed E-state index contributed by atoms with van der Waals surface area (Å²) in [4.78, 5) is 0. The second kappa shape index (κ2) is 4.65. The van der Waals surface area contributed by atoms with Crippen LogP contribution in [0, 0.1) is 5.41 Å². The minimum Gasteiger partial charge on any atom is -0.387 e. The summed E-state index contributed by atoms with van der Waals surface area (Å²) in [5, 5.41) is 16.4. The molecule has 1 aromatic rings. The van der Waals surface area contributed by atoms with Gasteiger partial charge in [0.2, 0.25) is 0 Å². The Morgan fingerprint density at radius 2 is 2.27 bits per heavy atom. The molecule has 0 aliphatic carbocycles. The van der Waals surface area contributed by atoms with E-state index in [2.05, 4.69) is 14.8 Å². The van der Waals surface area contributed by atoms with Crippen molar-refractivity contribution in [3.63, 3.8) is 0 Å². The number of hydrogen-bond donors (Lipinski definition) is 2. The molecule has 0 saturated heterocycles. The number of nitrogens with two attached hydrogens (primary N) is 1. The maximum absolute atomic E-state index is 7.18. The lowest BCUT2D eigenvalue weighted by Gasteiger charge is -2.05. The lowest BCUT2D eigenvalue weighted by molar-refractivity contribution is 0.591. The van der Waals surface area contributed by atoms with E-state index in [0.29, 0.717) is 5.75 Å². The molecule has 0 unspecified atom stereocenters. The average Bonchev–Trinajstić information content (AvgIpc) is 2.44. The Hall–Kier alpha value is -1.04. The number of aromatic nitrogens is 3. The van der Waals surface area contributed by atoms with Crippen molar-refractivity contribution >= 4 is 17.6 Å². The molecule has 0 saturated carbocycles. The van der Waals surface area contributed by atoms with Crippen LogP contribution < -0.4 is 5.73 Å². The second-order valence-corrected chi connectivity index (χ2v) is 4.62. The topological polar surface area (TPSA) is 80.6 Å². The van der Waals surface area contributed by atoms with Gasteiger partial charge in [-0.2, -0.15) is 0 Å². The van der Waals surface area contributed by atoms with Crippen molar-refractivity contribution in [3.05, 3.63) is 5.82 Å². The maximum Gasteiger partial charge on any atom is 0.191 e. The highest BCUT2D eigenvalue weighted by molar-refractivity contribution is 7.99. The third kappa shape index (κ3) is 2.50. The zero-order valence-electron chi connectivity index (χ0n) is 8.57. The zero-order chi connectivity index (χ0) is 10.7. The van der Waals surface area contributed by atoms with Gasteiger partial charge >= 0.3 is 0 Å². The van der Waals surface area contributed by atoms with E-state index >= 15 is 0 Å². The fourth-order valence-corrected chi connectivity index (χ4v) is 2.44. The Labute approximate surface area is 93.0 Å². The molecule has 0 atom stereocenters. The monoisotopic (exact) mass is 225 g/mol. The van der Waals surface area contributed by atoms with Crippen molar-refractivity contribution in [1.82, 2.24) is 14.8 Å². The summed E-state index contributed by atoms with van der Waals surface area (Å²) < 4.78 is 2.17. The Morgan fingerprint density at radius 3 is 3.07 bits per heavy atom. The van der Waals surface area contributed by atoms with Crippen LogP contribution >= 0.6 is 11.8 Å². The molecular formula is C9H15N5S. The van der Waals surface area contributed by atoms with E-state index in [0.717, 1.165) is 23.9 Å². The van der Waals surface area contributed by atoms with Crippen molar-refractivity contribution in [2.75, 3.05) is 5.75 Å². The van der Waals surface area contributed by atoms with Crippen molar-refractivity contribution in [2.24, 2.45) is 5.73 Å². The summed E-state index contributed by atoms with van der Waals surface area (Å²) in [6.07, 6.45) is 4.68. The van der Waals surface area contributed by atoms with Gasteiger partial charge in [0.05, 0.1) is 5.75 Å². The van der Waals surface area contributed by atoms with Crippen molar-refractivity contribution in [2.45, 2.75) is 37.4 Å². The Morgan fingerprint density at radius 1 is 1.40 bits per heavy atom. The summed E-state index contributed by atoms with van der Waals surface area (Å²) >= 11 is 1.50. The van der Waals surface area contributed by atoms with Gasteiger partial charge in [-0.1, -0.05) is 18.2 Å². The fraction of sp³-hybridized carbons (Fsp3) is 0.667. The number of rotatable bonds is 3. The quantitative estimate of drug-likeness (QED) is 0.457. The molecule has 1 aliphatic rings. The molecule has 0 bridgehead atoms. The van der Waals surface area contributed by atoms with E-state index < -0.39 is 0 Å². The molecule has 1 aromatic heterocycles. The predicted molar refractivity (Wildman–Crippen MR) is 60.2 cm³/mol. The molecule has 3 N–H and O–H groups in total. The largest absolute Gasteiger partial charge is 0.387 e. The van der Waals surface area contributed by atoms with Crippen LogP contribution in [0.5, 0.6) is 0 Å². The number of fused-ring (bicyclic) bond motifs is 1. The first-order valence-corrected chi connectivity index (χ1v) is 6.13. The van der Waals surface area contributed by atoms with Gasteiger partial charge in [0, 0.05) is 13.0 Å². The Balaban J connectivity index is 2.11. The highest BCUT2D eigenvalue weighted by atomic mass is 32.2. The summed E-state index contributed by atoms with van der Waals surface area (Å²) in [6, 6.07) is 0. The molecule has 0 fully saturated rings. The summed E-state index contributed by atoms with van der Waals surface area (Å²) in [7, 11) is 0. The minimum absolute atomic E-state index is 0.186. The number of amidine groups is 1. The average molecular weight is 225 g/mol. The van der Waals surface area contributed by atoms with Crippen molar-refractivity contribution in [1.29, 1.82) is 5.41 Å².